The fourth-order valence-corrected chi connectivity index (χ4v) is 4.32. The number of aromatic nitrogens is 3. The molecule has 0 aromatic carbocycles. The topological polar surface area (TPSA) is 116 Å². The third kappa shape index (κ3) is 4.35. The van der Waals surface area contributed by atoms with E-state index in [9.17, 15) is 19.2 Å². The number of rotatable bonds is 5. The number of allylic oxidation sites excluding steroid dienone is 3. The molecule has 0 saturated carbocycles. The number of anilines is 1. The van der Waals surface area contributed by atoms with Crippen molar-refractivity contribution < 1.29 is 14.0 Å². The van der Waals surface area contributed by atoms with Gasteiger partial charge in [0.25, 0.3) is 5.91 Å². The van der Waals surface area contributed by atoms with Gasteiger partial charge >= 0.3 is 0 Å². The molecule has 0 spiro atoms. The summed E-state index contributed by atoms with van der Waals surface area (Å²) in [6.45, 7) is 7.97. The van der Waals surface area contributed by atoms with Gasteiger partial charge in [-0.05, 0) is 25.8 Å². The van der Waals surface area contributed by atoms with Gasteiger partial charge in [0.2, 0.25) is 5.91 Å². The van der Waals surface area contributed by atoms with E-state index in [-0.39, 0.29) is 41.2 Å². The quantitative estimate of drug-likeness (QED) is 0.535. The van der Waals surface area contributed by atoms with Gasteiger partial charge in [0, 0.05) is 49.5 Å². The van der Waals surface area contributed by atoms with E-state index in [1.165, 1.54) is 13.8 Å². The lowest BCUT2D eigenvalue weighted by atomic mass is 10.0. The van der Waals surface area contributed by atoms with Crippen LogP contribution in [0.5, 0.6) is 0 Å². The van der Waals surface area contributed by atoms with Crippen molar-refractivity contribution in [2.45, 2.75) is 39.3 Å². The second kappa shape index (κ2) is 8.86. The molecule has 9 nitrogen and oxygen atoms in total. The molecule has 2 aromatic heterocycles. The Hall–Kier alpha value is -4.00. The smallest absolute Gasteiger partial charge is 0.255 e. The highest BCUT2D eigenvalue weighted by atomic mass is 19.1. The fraction of sp³-hybridized carbons (Fsp3) is 0.348. The molecular formula is C23H24FN7O2. The van der Waals surface area contributed by atoms with Crippen LogP contribution in [0.15, 0.2) is 36.3 Å². The van der Waals surface area contributed by atoms with Crippen LogP contribution in [0, 0.1) is 11.3 Å². The summed E-state index contributed by atoms with van der Waals surface area (Å²) in [4.78, 5) is 30.5. The lowest BCUT2D eigenvalue weighted by Crippen LogP contribution is -2.47. The molecule has 4 heterocycles. The zero-order valence-electron chi connectivity index (χ0n) is 18.5. The summed E-state index contributed by atoms with van der Waals surface area (Å²) >= 11 is 0. The van der Waals surface area contributed by atoms with Crippen molar-refractivity contribution in [1.29, 1.82) is 5.26 Å². The Balaban J connectivity index is 1.74. The van der Waals surface area contributed by atoms with Gasteiger partial charge in [-0.25, -0.2) is 14.1 Å². The summed E-state index contributed by atoms with van der Waals surface area (Å²) in [6, 6.07) is 5.37. The lowest BCUT2D eigenvalue weighted by Gasteiger charge is -2.33. The van der Waals surface area contributed by atoms with Crippen molar-refractivity contribution in [1.82, 2.24) is 25.4 Å². The van der Waals surface area contributed by atoms with Gasteiger partial charge in [0.05, 0.1) is 35.3 Å². The number of nitrogens with one attached hydrogen (secondary N) is 2. The number of carbonyl (C=O) groups excluding carboxylic acids is 2. The van der Waals surface area contributed by atoms with Crippen LogP contribution in [0.2, 0.25) is 0 Å². The van der Waals surface area contributed by atoms with E-state index >= 15 is 0 Å². The van der Waals surface area contributed by atoms with Crippen molar-refractivity contribution >= 4 is 23.2 Å². The molecule has 4 rings (SSSR count). The van der Waals surface area contributed by atoms with Crippen LogP contribution in [0.25, 0.3) is 11.3 Å². The van der Waals surface area contributed by atoms with Crippen LogP contribution in [-0.4, -0.2) is 45.7 Å². The summed E-state index contributed by atoms with van der Waals surface area (Å²) < 4.78 is 15.8. The maximum absolute atomic E-state index is 14.2. The molecule has 0 bridgehead atoms. The normalized spacial score (nSPS) is 18.2. The van der Waals surface area contributed by atoms with Crippen molar-refractivity contribution in [3.63, 3.8) is 0 Å². The van der Waals surface area contributed by atoms with Gasteiger partial charge in [0.1, 0.15) is 5.83 Å². The number of hydrogen-bond acceptors (Lipinski definition) is 6. The maximum Gasteiger partial charge on any atom is 0.255 e. The van der Waals surface area contributed by atoms with Gasteiger partial charge in [-0.1, -0.05) is 6.58 Å². The fourth-order valence-electron chi connectivity index (χ4n) is 4.32. The molecule has 33 heavy (non-hydrogen) atoms. The van der Waals surface area contributed by atoms with Gasteiger partial charge in [-0.3, -0.25) is 9.59 Å². The van der Waals surface area contributed by atoms with Crippen LogP contribution in [0.4, 0.5) is 10.2 Å². The predicted octanol–water partition coefficient (Wildman–Crippen LogP) is 2.40. The standard InChI is InChI=1S/C23H24FN7O2/c1-13(10-25)21(14(2)24)17-9-19(22-18(28-17)11-26-23(22)33)31-8-6-20(29-31)30-7-4-5-16(12-30)27-15(3)32/h6,8-9,16H,2,4-5,7,11-12H2,1,3H3,(H,26,33)(H,27,32)/b21-13-. The number of hydrogen-bond donors (Lipinski definition) is 2. The van der Waals surface area contributed by atoms with Gasteiger partial charge in [0.15, 0.2) is 5.82 Å². The third-order valence-corrected chi connectivity index (χ3v) is 5.76. The molecule has 170 valence electrons. The first kappa shape index (κ1) is 22.2. The number of nitrogens with zero attached hydrogens (tertiary/aromatic N) is 5. The number of fused-ring (bicyclic) bond motifs is 1. The first-order chi connectivity index (χ1) is 15.8. The first-order valence-corrected chi connectivity index (χ1v) is 10.6. The highest BCUT2D eigenvalue weighted by molar-refractivity contribution is 6.01. The van der Waals surface area contributed by atoms with E-state index in [2.05, 4.69) is 32.2 Å². The van der Waals surface area contributed by atoms with E-state index < -0.39 is 5.83 Å². The van der Waals surface area contributed by atoms with Gasteiger partial charge < -0.3 is 15.5 Å². The molecule has 0 radical (unpaired) electrons. The molecule has 2 aliphatic rings. The number of halogens is 1. The summed E-state index contributed by atoms with van der Waals surface area (Å²) in [6.07, 6.45) is 3.54. The molecule has 1 unspecified atom stereocenters. The molecule has 10 heteroatoms. The maximum atomic E-state index is 14.2. The van der Waals surface area contributed by atoms with Gasteiger partial charge in [-0.2, -0.15) is 10.4 Å². The molecule has 2 aromatic rings. The Bertz CT molecular complexity index is 1220. The summed E-state index contributed by atoms with van der Waals surface area (Å²) in [5, 5.41) is 19.7. The minimum atomic E-state index is -0.775. The Labute approximate surface area is 190 Å². The molecule has 2 N–H and O–H groups in total. The van der Waals surface area contributed by atoms with E-state index in [0.717, 1.165) is 19.4 Å². The lowest BCUT2D eigenvalue weighted by molar-refractivity contribution is -0.119. The Kier molecular flexibility index (Phi) is 5.96. The average Bonchev–Trinajstić information content (AvgIpc) is 3.40. The Morgan fingerprint density at radius 2 is 2.21 bits per heavy atom. The molecular weight excluding hydrogens is 425 g/mol. The van der Waals surface area contributed by atoms with Crippen molar-refractivity contribution in [2.75, 3.05) is 18.0 Å². The van der Waals surface area contributed by atoms with Crippen LogP contribution in [0.1, 0.15) is 48.4 Å². The minimum absolute atomic E-state index is 0.00228. The van der Waals surface area contributed by atoms with Crippen LogP contribution in [0.3, 0.4) is 0 Å². The van der Waals surface area contributed by atoms with E-state index in [4.69, 9.17) is 0 Å². The zero-order chi connectivity index (χ0) is 23.7. The van der Waals surface area contributed by atoms with Crippen molar-refractivity contribution in [3.8, 4) is 11.8 Å². The second-order valence-corrected chi connectivity index (χ2v) is 8.15. The Morgan fingerprint density at radius 3 is 2.91 bits per heavy atom. The van der Waals surface area contributed by atoms with Gasteiger partial charge in [-0.15, -0.1) is 0 Å². The van der Waals surface area contributed by atoms with Crippen LogP contribution < -0.4 is 15.5 Å². The summed E-state index contributed by atoms with van der Waals surface area (Å²) in [7, 11) is 0. The number of amides is 2. The average molecular weight is 449 g/mol. The highest BCUT2D eigenvalue weighted by Crippen LogP contribution is 2.31. The largest absolute Gasteiger partial charge is 0.353 e. The second-order valence-electron chi connectivity index (χ2n) is 8.15. The SMILES string of the molecule is C=C(F)/C(=C(\C)C#N)c1cc(-n2ccc(N3CCCC(NC(C)=O)C3)n2)c2c(n1)CNC2=O. The van der Waals surface area contributed by atoms with E-state index in [1.54, 1.807) is 16.9 Å². The Morgan fingerprint density at radius 1 is 1.42 bits per heavy atom. The van der Waals surface area contributed by atoms with Crippen LogP contribution in [-0.2, 0) is 11.3 Å². The number of carbonyl (C=O) groups is 2. The molecule has 0 aliphatic carbocycles. The summed E-state index contributed by atoms with van der Waals surface area (Å²) in [5.41, 5.74) is 1.61. The molecule has 2 amide bonds. The van der Waals surface area contributed by atoms with Crippen LogP contribution >= 0.6 is 0 Å². The number of pyridine rings is 1. The van der Waals surface area contributed by atoms with E-state index in [0.29, 0.717) is 29.3 Å². The minimum Gasteiger partial charge on any atom is -0.353 e. The molecule has 1 saturated heterocycles. The van der Waals surface area contributed by atoms with Crippen molar-refractivity contribution in [3.05, 3.63) is 53.3 Å². The van der Waals surface area contributed by atoms with Crippen molar-refractivity contribution in [2.24, 2.45) is 0 Å². The first-order valence-electron chi connectivity index (χ1n) is 10.6. The number of piperidine rings is 1. The summed E-state index contributed by atoms with van der Waals surface area (Å²) in [5.74, 6) is -0.427. The molecule has 1 atom stereocenters. The number of nitriles is 1. The van der Waals surface area contributed by atoms with E-state index in [1.807, 2.05) is 12.1 Å². The monoisotopic (exact) mass is 449 g/mol. The molecule has 1 fully saturated rings. The zero-order valence-corrected chi connectivity index (χ0v) is 18.5. The predicted molar refractivity (Wildman–Crippen MR) is 120 cm³/mol. The highest BCUT2D eigenvalue weighted by Gasteiger charge is 2.29. The third-order valence-electron chi connectivity index (χ3n) is 5.76. The molecule has 2 aliphatic heterocycles.